The van der Waals surface area contributed by atoms with Crippen LogP contribution in [0.2, 0.25) is 0 Å². The summed E-state index contributed by atoms with van der Waals surface area (Å²) < 4.78 is 16.3. The largest absolute Gasteiger partial charge is 0.504 e. The topological polar surface area (TPSA) is 119 Å². The van der Waals surface area contributed by atoms with Gasteiger partial charge in [0.15, 0.2) is 17.3 Å². The molecule has 0 aromatic heterocycles. The molecule has 8 nitrogen and oxygen atoms in total. The number of hydrogen-bond donors (Lipinski definition) is 2. The van der Waals surface area contributed by atoms with Gasteiger partial charge >= 0.3 is 11.9 Å². The van der Waals surface area contributed by atoms with Gasteiger partial charge in [-0.2, -0.15) is 0 Å². The Bertz CT molecular complexity index is 1290. The van der Waals surface area contributed by atoms with E-state index in [2.05, 4.69) is 0 Å². The highest BCUT2D eigenvalue weighted by Gasteiger charge is 2.57. The van der Waals surface area contributed by atoms with Gasteiger partial charge in [-0.25, -0.2) is 0 Å². The maximum atomic E-state index is 13.5. The lowest BCUT2D eigenvalue weighted by Crippen LogP contribution is -2.55. The first-order valence-electron chi connectivity index (χ1n) is 12.2. The third kappa shape index (κ3) is 5.86. The Morgan fingerprint density at radius 3 is 2.00 bits per heavy atom. The lowest BCUT2D eigenvalue weighted by atomic mass is 9.61. The van der Waals surface area contributed by atoms with E-state index in [0.717, 1.165) is 11.1 Å². The van der Waals surface area contributed by atoms with E-state index >= 15 is 0 Å². The molecule has 0 heterocycles. The van der Waals surface area contributed by atoms with Crippen LogP contribution in [-0.2, 0) is 37.1 Å². The molecule has 1 aliphatic rings. The predicted octanol–water partition coefficient (Wildman–Crippen LogP) is 3.93. The number of aliphatic hydroxyl groups is 1. The molecule has 38 heavy (non-hydrogen) atoms. The molecule has 3 aromatic rings. The molecule has 0 unspecified atom stereocenters. The number of Topliss-reactive ketones (excluding diaryl/α,β-unsaturated/α-hetero) is 1. The monoisotopic (exact) mass is 518 g/mol. The normalized spacial score (nSPS) is 22.9. The fraction of sp³-hybridized carbons (Fsp3) is 0.300. The van der Waals surface area contributed by atoms with Gasteiger partial charge in [-0.3, -0.25) is 14.4 Å². The maximum absolute atomic E-state index is 13.5. The summed E-state index contributed by atoms with van der Waals surface area (Å²) in [7, 11) is 1.36. The number of phenols is 1. The Balaban J connectivity index is 1.71. The van der Waals surface area contributed by atoms with Gasteiger partial charge in [-0.1, -0.05) is 66.7 Å². The fourth-order valence-electron chi connectivity index (χ4n) is 4.95. The summed E-state index contributed by atoms with van der Waals surface area (Å²) in [5.41, 5.74) is 0.0137. The van der Waals surface area contributed by atoms with Crippen molar-refractivity contribution < 1.29 is 38.8 Å². The standard InChI is InChI=1S/C30H30O8/c1-30(35)16-23(32)26(28(33)37-17-19-9-5-3-6-10-19)25(21-13-14-22(31)24(15-21)36-2)27(30)29(34)38-18-20-11-7-4-8-12-20/h3-15,25-27,31,35H,16-18H2,1-2H3/t25-,26-,27-,30-/m1/s1. The van der Waals surface area contributed by atoms with Crippen molar-refractivity contribution in [3.8, 4) is 11.5 Å². The van der Waals surface area contributed by atoms with E-state index in [1.165, 1.54) is 32.2 Å². The number of benzene rings is 3. The van der Waals surface area contributed by atoms with Gasteiger partial charge in [0.2, 0.25) is 0 Å². The summed E-state index contributed by atoms with van der Waals surface area (Å²) in [6.45, 7) is 1.28. The predicted molar refractivity (Wildman–Crippen MR) is 137 cm³/mol. The van der Waals surface area contributed by atoms with Crippen LogP contribution in [0.1, 0.15) is 36.0 Å². The molecular weight excluding hydrogens is 488 g/mol. The van der Waals surface area contributed by atoms with Gasteiger partial charge in [-0.15, -0.1) is 0 Å². The lowest BCUT2D eigenvalue weighted by Gasteiger charge is -2.43. The summed E-state index contributed by atoms with van der Waals surface area (Å²) in [4.78, 5) is 40.2. The van der Waals surface area contributed by atoms with E-state index in [-0.39, 0.29) is 24.7 Å². The second kappa shape index (κ2) is 11.5. The second-order valence-electron chi connectivity index (χ2n) is 9.60. The Hall–Kier alpha value is -4.17. The van der Waals surface area contributed by atoms with Crippen molar-refractivity contribution >= 4 is 17.7 Å². The highest BCUT2D eigenvalue weighted by Crippen LogP contribution is 2.48. The van der Waals surface area contributed by atoms with Gasteiger partial charge in [0.25, 0.3) is 0 Å². The van der Waals surface area contributed by atoms with E-state index in [1.807, 2.05) is 24.3 Å². The van der Waals surface area contributed by atoms with E-state index in [4.69, 9.17) is 14.2 Å². The van der Waals surface area contributed by atoms with Gasteiger partial charge < -0.3 is 24.4 Å². The van der Waals surface area contributed by atoms with Crippen LogP contribution in [0.15, 0.2) is 78.9 Å². The fourth-order valence-corrected chi connectivity index (χ4v) is 4.95. The van der Waals surface area contributed by atoms with Crippen molar-refractivity contribution in [3.63, 3.8) is 0 Å². The summed E-state index contributed by atoms with van der Waals surface area (Å²) in [5.74, 6) is -6.00. The molecule has 0 bridgehead atoms. The minimum atomic E-state index is -1.81. The minimum absolute atomic E-state index is 0.0467. The van der Waals surface area contributed by atoms with E-state index < -0.39 is 47.5 Å². The van der Waals surface area contributed by atoms with Crippen molar-refractivity contribution in [2.24, 2.45) is 11.8 Å². The van der Waals surface area contributed by atoms with Crippen LogP contribution >= 0.6 is 0 Å². The number of ketones is 1. The number of methoxy groups -OCH3 is 1. The second-order valence-corrected chi connectivity index (χ2v) is 9.60. The van der Waals surface area contributed by atoms with Crippen LogP contribution < -0.4 is 4.74 Å². The SMILES string of the molecule is COc1cc([C@@H]2[C@H](C(=O)OCc3ccccc3)C(=O)C[C@@](C)(O)[C@H]2C(=O)OCc2ccccc2)ccc1O. The van der Waals surface area contributed by atoms with Crippen molar-refractivity contribution in [2.45, 2.75) is 38.1 Å². The number of aromatic hydroxyl groups is 1. The number of carbonyl (C=O) groups excluding carboxylic acids is 3. The molecule has 0 radical (unpaired) electrons. The molecule has 0 spiro atoms. The lowest BCUT2D eigenvalue weighted by molar-refractivity contribution is -0.174. The molecule has 4 rings (SSSR count). The Labute approximate surface area is 220 Å². The number of ether oxygens (including phenoxy) is 3. The molecule has 0 amide bonds. The molecule has 4 atom stereocenters. The number of esters is 2. The van der Waals surface area contributed by atoms with Crippen LogP contribution in [0, 0.1) is 11.8 Å². The zero-order chi connectivity index (χ0) is 27.3. The maximum Gasteiger partial charge on any atom is 0.317 e. The molecule has 1 aliphatic carbocycles. The first-order valence-corrected chi connectivity index (χ1v) is 12.2. The van der Waals surface area contributed by atoms with Crippen molar-refractivity contribution in [1.82, 2.24) is 0 Å². The highest BCUT2D eigenvalue weighted by molar-refractivity contribution is 6.02. The number of hydrogen-bond acceptors (Lipinski definition) is 8. The Morgan fingerprint density at radius 2 is 1.45 bits per heavy atom. The van der Waals surface area contributed by atoms with E-state index in [9.17, 15) is 24.6 Å². The van der Waals surface area contributed by atoms with Gasteiger partial charge in [0.05, 0.1) is 18.6 Å². The third-order valence-electron chi connectivity index (χ3n) is 6.81. The highest BCUT2D eigenvalue weighted by atomic mass is 16.5. The van der Waals surface area contributed by atoms with Crippen LogP contribution in [0.4, 0.5) is 0 Å². The van der Waals surface area contributed by atoms with E-state index in [0.29, 0.717) is 5.56 Å². The first kappa shape index (κ1) is 26.9. The third-order valence-corrected chi connectivity index (χ3v) is 6.81. The average molecular weight is 519 g/mol. The van der Waals surface area contributed by atoms with Crippen LogP contribution in [-0.4, -0.2) is 40.6 Å². The number of rotatable bonds is 8. The quantitative estimate of drug-likeness (QED) is 0.340. The van der Waals surface area contributed by atoms with Gasteiger partial charge in [-0.05, 0) is 35.7 Å². The Morgan fingerprint density at radius 1 is 0.895 bits per heavy atom. The molecular formula is C30H30O8. The molecule has 0 saturated heterocycles. The van der Waals surface area contributed by atoms with Gasteiger partial charge in [0, 0.05) is 12.3 Å². The first-order chi connectivity index (χ1) is 18.2. The zero-order valence-electron chi connectivity index (χ0n) is 21.2. The van der Waals surface area contributed by atoms with Crippen molar-refractivity contribution in [3.05, 3.63) is 95.6 Å². The van der Waals surface area contributed by atoms with Crippen molar-refractivity contribution in [1.29, 1.82) is 0 Å². The smallest absolute Gasteiger partial charge is 0.317 e. The van der Waals surface area contributed by atoms with Crippen LogP contribution in [0.3, 0.4) is 0 Å². The summed E-state index contributed by atoms with van der Waals surface area (Å²) in [5, 5.41) is 21.5. The average Bonchev–Trinajstić information content (AvgIpc) is 2.91. The molecule has 2 N–H and O–H groups in total. The molecule has 3 aromatic carbocycles. The van der Waals surface area contributed by atoms with Crippen LogP contribution in [0.5, 0.6) is 11.5 Å². The number of phenolic OH excluding ortho intramolecular Hbond substituents is 1. The minimum Gasteiger partial charge on any atom is -0.504 e. The van der Waals surface area contributed by atoms with Gasteiger partial charge in [0.1, 0.15) is 19.1 Å². The summed E-state index contributed by atoms with van der Waals surface area (Å²) >= 11 is 0. The molecule has 198 valence electrons. The summed E-state index contributed by atoms with van der Waals surface area (Å²) in [6.07, 6.45) is -0.436. The van der Waals surface area contributed by atoms with Crippen LogP contribution in [0.25, 0.3) is 0 Å². The molecule has 0 aliphatic heterocycles. The number of carbonyl (C=O) groups is 3. The molecule has 1 saturated carbocycles. The summed E-state index contributed by atoms with van der Waals surface area (Å²) in [6, 6.07) is 22.3. The van der Waals surface area contributed by atoms with E-state index in [1.54, 1.807) is 36.4 Å². The Kier molecular flexibility index (Phi) is 8.12. The molecule has 1 fully saturated rings. The zero-order valence-corrected chi connectivity index (χ0v) is 21.2. The molecule has 8 heteroatoms. The van der Waals surface area contributed by atoms with Crippen molar-refractivity contribution in [2.75, 3.05) is 7.11 Å².